The first-order valence-electron chi connectivity index (χ1n) is 11.8. The van der Waals surface area contributed by atoms with Crippen LogP contribution in [0, 0.1) is 19.8 Å². The average molecular weight is 478 g/mol. The first-order valence-corrected chi connectivity index (χ1v) is 11.8. The zero-order chi connectivity index (χ0) is 25.4. The monoisotopic (exact) mass is 477 g/mol. The lowest BCUT2D eigenvalue weighted by molar-refractivity contribution is -0.128. The molecule has 2 aromatic carbocycles. The summed E-state index contributed by atoms with van der Waals surface area (Å²) in [6, 6.07) is 17.4. The SMILES string of the molecule is CC1=NN(c2ccc(C)c(-c3ncccc3C)c2)C(=O)C1C(=O)Cc1cccc(-c2nccn2C)c1. The lowest BCUT2D eigenvalue weighted by Crippen LogP contribution is -2.33. The second-order valence-electron chi connectivity index (χ2n) is 9.20. The van der Waals surface area contributed by atoms with Gasteiger partial charge in [-0.1, -0.05) is 30.3 Å². The van der Waals surface area contributed by atoms with Gasteiger partial charge in [0.25, 0.3) is 5.91 Å². The third-order valence-electron chi connectivity index (χ3n) is 6.57. The van der Waals surface area contributed by atoms with Crippen molar-refractivity contribution in [2.75, 3.05) is 5.01 Å². The number of anilines is 1. The van der Waals surface area contributed by atoms with E-state index in [-0.39, 0.29) is 18.1 Å². The molecule has 1 aliphatic heterocycles. The minimum absolute atomic E-state index is 0.141. The van der Waals surface area contributed by atoms with Gasteiger partial charge in [-0.25, -0.2) is 4.98 Å². The van der Waals surface area contributed by atoms with Crippen LogP contribution in [0.25, 0.3) is 22.6 Å². The van der Waals surface area contributed by atoms with Crippen LogP contribution in [0.5, 0.6) is 0 Å². The van der Waals surface area contributed by atoms with Gasteiger partial charge in [0.2, 0.25) is 0 Å². The fourth-order valence-corrected chi connectivity index (χ4v) is 4.65. The number of amides is 1. The normalized spacial score (nSPS) is 15.3. The lowest BCUT2D eigenvalue weighted by Gasteiger charge is -2.17. The van der Waals surface area contributed by atoms with Gasteiger partial charge in [-0.05, 0) is 61.7 Å². The number of Topliss-reactive ketones (excluding diaryl/α,β-unsaturated/α-hetero) is 1. The molecule has 0 radical (unpaired) electrons. The topological polar surface area (TPSA) is 80.5 Å². The summed E-state index contributed by atoms with van der Waals surface area (Å²) >= 11 is 0. The molecule has 0 spiro atoms. The Morgan fingerprint density at radius 1 is 0.944 bits per heavy atom. The lowest BCUT2D eigenvalue weighted by atomic mass is 9.93. The van der Waals surface area contributed by atoms with Crippen LogP contribution in [0.4, 0.5) is 5.69 Å². The molecule has 4 aromatic rings. The van der Waals surface area contributed by atoms with Crippen molar-refractivity contribution < 1.29 is 9.59 Å². The predicted molar refractivity (Wildman–Crippen MR) is 141 cm³/mol. The third kappa shape index (κ3) is 4.24. The van der Waals surface area contributed by atoms with E-state index in [1.54, 1.807) is 19.3 Å². The zero-order valence-electron chi connectivity index (χ0n) is 20.8. The van der Waals surface area contributed by atoms with E-state index in [1.165, 1.54) is 5.01 Å². The molecular weight excluding hydrogens is 450 g/mol. The summed E-state index contributed by atoms with van der Waals surface area (Å²) in [7, 11) is 1.93. The molecule has 5 rings (SSSR count). The molecular formula is C29H27N5O2. The van der Waals surface area contributed by atoms with Gasteiger partial charge in [-0.2, -0.15) is 10.1 Å². The summed E-state index contributed by atoms with van der Waals surface area (Å²) in [6.07, 6.45) is 5.52. The number of aryl methyl sites for hydroxylation is 3. The van der Waals surface area contributed by atoms with Crippen LogP contribution in [-0.2, 0) is 23.1 Å². The fourth-order valence-electron chi connectivity index (χ4n) is 4.65. The third-order valence-corrected chi connectivity index (χ3v) is 6.57. The van der Waals surface area contributed by atoms with Gasteiger partial charge in [0.1, 0.15) is 11.7 Å². The van der Waals surface area contributed by atoms with E-state index in [1.807, 2.05) is 86.3 Å². The molecule has 2 aromatic heterocycles. The first-order chi connectivity index (χ1) is 17.3. The fraction of sp³-hybridized carbons (Fsp3) is 0.207. The quantitative estimate of drug-likeness (QED) is 0.369. The van der Waals surface area contributed by atoms with Gasteiger partial charge >= 0.3 is 0 Å². The van der Waals surface area contributed by atoms with Crippen LogP contribution < -0.4 is 5.01 Å². The number of rotatable bonds is 6. The number of benzene rings is 2. The molecule has 7 heteroatoms. The molecule has 7 nitrogen and oxygen atoms in total. The Kier molecular flexibility index (Phi) is 6.06. The average Bonchev–Trinajstić information content (AvgIpc) is 3.42. The summed E-state index contributed by atoms with van der Waals surface area (Å²) < 4.78 is 1.93. The Morgan fingerprint density at radius 3 is 2.53 bits per heavy atom. The highest BCUT2D eigenvalue weighted by molar-refractivity contribution is 6.27. The summed E-state index contributed by atoms with van der Waals surface area (Å²) in [4.78, 5) is 35.6. The highest BCUT2D eigenvalue weighted by Gasteiger charge is 2.39. The van der Waals surface area contributed by atoms with Crippen molar-refractivity contribution in [2.45, 2.75) is 27.2 Å². The highest BCUT2D eigenvalue weighted by atomic mass is 16.2. The molecule has 1 aliphatic rings. The van der Waals surface area contributed by atoms with Crippen LogP contribution >= 0.6 is 0 Å². The number of carbonyl (C=O) groups is 2. The minimum Gasteiger partial charge on any atom is -0.334 e. The van der Waals surface area contributed by atoms with Crippen molar-refractivity contribution in [3.05, 3.63) is 89.9 Å². The summed E-state index contributed by atoms with van der Waals surface area (Å²) in [5.41, 5.74) is 6.78. The predicted octanol–water partition coefficient (Wildman–Crippen LogP) is 4.92. The number of nitrogens with zero attached hydrogens (tertiary/aromatic N) is 5. The van der Waals surface area contributed by atoms with Crippen LogP contribution in [0.3, 0.4) is 0 Å². The van der Waals surface area contributed by atoms with E-state index in [9.17, 15) is 9.59 Å². The Labute approximate surface area is 210 Å². The van der Waals surface area contributed by atoms with E-state index in [0.29, 0.717) is 11.4 Å². The Balaban J connectivity index is 1.39. The Hall–Kier alpha value is -4.39. The number of aromatic nitrogens is 3. The Morgan fingerprint density at radius 2 is 1.78 bits per heavy atom. The number of hydrazone groups is 1. The maximum absolute atomic E-state index is 13.4. The molecule has 0 saturated heterocycles. The molecule has 0 bridgehead atoms. The number of imidazole rings is 1. The Bertz CT molecular complexity index is 1520. The van der Waals surface area contributed by atoms with E-state index in [0.717, 1.165) is 39.3 Å². The van der Waals surface area contributed by atoms with Gasteiger partial charge in [-0.3, -0.25) is 14.6 Å². The van der Waals surface area contributed by atoms with Gasteiger partial charge in [0.15, 0.2) is 5.78 Å². The molecule has 1 unspecified atom stereocenters. The van der Waals surface area contributed by atoms with Crippen molar-refractivity contribution in [1.82, 2.24) is 14.5 Å². The number of hydrogen-bond donors (Lipinski definition) is 0. The van der Waals surface area contributed by atoms with Crippen molar-refractivity contribution in [3.63, 3.8) is 0 Å². The van der Waals surface area contributed by atoms with Gasteiger partial charge in [-0.15, -0.1) is 0 Å². The van der Waals surface area contributed by atoms with Crippen molar-refractivity contribution in [2.24, 2.45) is 18.1 Å². The minimum atomic E-state index is -0.900. The number of ketones is 1. The molecule has 3 heterocycles. The van der Waals surface area contributed by atoms with Crippen LogP contribution in [0.2, 0.25) is 0 Å². The molecule has 0 fully saturated rings. The van der Waals surface area contributed by atoms with Gasteiger partial charge in [0, 0.05) is 43.2 Å². The molecule has 0 N–H and O–H groups in total. The molecule has 180 valence electrons. The van der Waals surface area contributed by atoms with Crippen molar-refractivity contribution >= 4 is 23.1 Å². The maximum Gasteiger partial charge on any atom is 0.263 e. The number of pyridine rings is 1. The number of carbonyl (C=O) groups excluding carboxylic acids is 2. The number of hydrogen-bond acceptors (Lipinski definition) is 5. The molecule has 1 amide bonds. The van der Waals surface area contributed by atoms with Crippen LogP contribution in [-0.4, -0.2) is 31.9 Å². The molecule has 1 atom stereocenters. The van der Waals surface area contributed by atoms with Crippen molar-refractivity contribution in [3.8, 4) is 22.6 Å². The van der Waals surface area contributed by atoms with E-state index < -0.39 is 5.92 Å². The van der Waals surface area contributed by atoms with E-state index >= 15 is 0 Å². The zero-order valence-corrected chi connectivity index (χ0v) is 20.8. The van der Waals surface area contributed by atoms with E-state index in [2.05, 4.69) is 15.1 Å². The largest absolute Gasteiger partial charge is 0.334 e. The van der Waals surface area contributed by atoms with E-state index in [4.69, 9.17) is 0 Å². The van der Waals surface area contributed by atoms with Gasteiger partial charge in [0.05, 0.1) is 17.1 Å². The van der Waals surface area contributed by atoms with Crippen LogP contribution in [0.15, 0.2) is 78.3 Å². The smallest absolute Gasteiger partial charge is 0.263 e. The molecule has 0 saturated carbocycles. The second kappa shape index (κ2) is 9.34. The molecule has 0 aliphatic carbocycles. The molecule has 36 heavy (non-hydrogen) atoms. The summed E-state index contributed by atoms with van der Waals surface area (Å²) in [6.45, 7) is 5.76. The van der Waals surface area contributed by atoms with Crippen LogP contribution in [0.1, 0.15) is 23.6 Å². The highest BCUT2D eigenvalue weighted by Crippen LogP contribution is 2.32. The summed E-state index contributed by atoms with van der Waals surface area (Å²) in [5.74, 6) is -0.578. The maximum atomic E-state index is 13.4. The summed E-state index contributed by atoms with van der Waals surface area (Å²) in [5, 5.41) is 5.84. The second-order valence-corrected chi connectivity index (χ2v) is 9.20. The van der Waals surface area contributed by atoms with Gasteiger partial charge < -0.3 is 4.57 Å². The van der Waals surface area contributed by atoms with Crippen molar-refractivity contribution in [1.29, 1.82) is 0 Å². The first kappa shape index (κ1) is 23.4. The standard InChI is InChI=1S/C29H27N5O2/c1-18-10-11-23(17-24(18)27-19(2)7-6-12-30-27)34-29(36)26(20(3)32-34)25(35)16-21-8-5-9-22(15-21)28-31-13-14-33(28)4/h5-15,17,26H,16H2,1-4H3.